The predicted octanol–water partition coefficient (Wildman–Crippen LogP) is 4.81. The highest BCUT2D eigenvalue weighted by Crippen LogP contribution is 2.31. The molecule has 0 radical (unpaired) electrons. The fraction of sp³-hybridized carbons (Fsp3) is 0.286. The average Bonchev–Trinajstić information content (AvgIpc) is 2.78. The topological polar surface area (TPSA) is 64.7 Å². The largest absolute Gasteiger partial charge is 0.471 e. The molecule has 1 saturated heterocycles. The van der Waals surface area contributed by atoms with Crippen molar-refractivity contribution < 1.29 is 22.8 Å². The molecule has 6 nitrogen and oxygen atoms in total. The van der Waals surface area contributed by atoms with E-state index in [1.165, 1.54) is 11.8 Å². The van der Waals surface area contributed by atoms with Crippen molar-refractivity contribution >= 4 is 75.5 Å². The second kappa shape index (κ2) is 11.5. The van der Waals surface area contributed by atoms with Gasteiger partial charge in [-0.05, 0) is 54.7 Å². The minimum Gasteiger partial charge on any atom is -0.366 e. The van der Waals surface area contributed by atoms with Crippen LogP contribution in [0.1, 0.15) is 0 Å². The van der Waals surface area contributed by atoms with Crippen LogP contribution in [0.4, 0.5) is 24.5 Å². The van der Waals surface area contributed by atoms with Crippen LogP contribution in [0.15, 0.2) is 47.4 Å². The molecule has 2 aromatic carbocycles. The molecule has 1 aliphatic rings. The average molecular weight is 551 g/mol. The third kappa shape index (κ3) is 7.39. The molecule has 13 heteroatoms. The molecule has 34 heavy (non-hydrogen) atoms. The van der Waals surface area contributed by atoms with Crippen LogP contribution in [0.3, 0.4) is 0 Å². The number of piperazine rings is 1. The van der Waals surface area contributed by atoms with Gasteiger partial charge < -0.3 is 20.4 Å². The van der Waals surface area contributed by atoms with E-state index in [1.807, 2.05) is 4.90 Å². The van der Waals surface area contributed by atoms with Crippen LogP contribution in [0.5, 0.6) is 0 Å². The van der Waals surface area contributed by atoms with Crippen LogP contribution >= 0.6 is 47.2 Å². The molecule has 1 aliphatic heterocycles. The molecule has 0 aliphatic carbocycles. The highest BCUT2D eigenvalue weighted by Gasteiger charge is 2.43. The van der Waals surface area contributed by atoms with Gasteiger partial charge in [-0.25, -0.2) is 0 Å². The summed E-state index contributed by atoms with van der Waals surface area (Å²) in [5.41, 5.74) is 1.12. The normalized spacial score (nSPS) is 14.0. The van der Waals surface area contributed by atoms with E-state index in [9.17, 15) is 22.8 Å². The summed E-state index contributed by atoms with van der Waals surface area (Å²) in [7, 11) is 0. The minimum absolute atomic E-state index is 0.0520. The number of alkyl halides is 3. The Morgan fingerprint density at radius 2 is 1.62 bits per heavy atom. The second-order valence-electron chi connectivity index (χ2n) is 7.18. The van der Waals surface area contributed by atoms with Gasteiger partial charge in [-0.1, -0.05) is 23.2 Å². The Kier molecular flexibility index (Phi) is 8.91. The maximum atomic E-state index is 12.7. The summed E-state index contributed by atoms with van der Waals surface area (Å²) < 4.78 is 38.1. The number of amides is 2. The predicted molar refractivity (Wildman–Crippen MR) is 133 cm³/mol. The Labute approximate surface area is 213 Å². The maximum absolute atomic E-state index is 12.7. The number of hydrogen-bond acceptors (Lipinski definition) is 5. The van der Waals surface area contributed by atoms with Gasteiger partial charge in [-0.3, -0.25) is 9.59 Å². The molecule has 1 fully saturated rings. The smallest absolute Gasteiger partial charge is 0.366 e. The standard InChI is InChI=1S/C21H19Cl2F3N4O2S2/c22-13-1-4-15(5-2-13)34-12-18(31)28-20(33)27-16-11-14(23)3-6-17(16)29-7-9-30(10-8-29)19(32)21(24,25)26/h1-6,11H,7-10,12H2,(H2,27,28,31,33). The number of anilines is 2. The van der Waals surface area contributed by atoms with Crippen molar-refractivity contribution in [2.24, 2.45) is 0 Å². The van der Waals surface area contributed by atoms with Gasteiger partial charge >= 0.3 is 12.1 Å². The van der Waals surface area contributed by atoms with Crippen molar-refractivity contribution in [2.45, 2.75) is 11.1 Å². The van der Waals surface area contributed by atoms with Gasteiger partial charge in [0.25, 0.3) is 0 Å². The fourth-order valence-corrected chi connectivity index (χ4v) is 4.43. The number of halogens is 5. The zero-order valence-electron chi connectivity index (χ0n) is 17.5. The highest BCUT2D eigenvalue weighted by atomic mass is 35.5. The van der Waals surface area contributed by atoms with E-state index in [0.29, 0.717) is 21.4 Å². The molecule has 0 aromatic heterocycles. The molecule has 182 valence electrons. The number of rotatable bonds is 5. The van der Waals surface area contributed by atoms with Crippen molar-refractivity contribution in [3.8, 4) is 0 Å². The number of nitrogens with zero attached hydrogens (tertiary/aromatic N) is 2. The molecule has 2 N–H and O–H groups in total. The van der Waals surface area contributed by atoms with Gasteiger partial charge in [0.1, 0.15) is 0 Å². The quantitative estimate of drug-likeness (QED) is 0.411. The lowest BCUT2D eigenvalue weighted by atomic mass is 10.2. The monoisotopic (exact) mass is 550 g/mol. The number of carbonyl (C=O) groups excluding carboxylic acids is 2. The Balaban J connectivity index is 1.58. The van der Waals surface area contributed by atoms with E-state index in [4.69, 9.17) is 35.4 Å². The Bertz CT molecular complexity index is 1060. The number of benzene rings is 2. The van der Waals surface area contributed by atoms with Gasteiger partial charge in [0.05, 0.1) is 17.1 Å². The molecule has 1 heterocycles. The fourth-order valence-electron chi connectivity index (χ4n) is 3.21. The van der Waals surface area contributed by atoms with Crippen molar-refractivity contribution in [2.75, 3.05) is 42.1 Å². The van der Waals surface area contributed by atoms with E-state index >= 15 is 0 Å². The van der Waals surface area contributed by atoms with Crippen LogP contribution in [0, 0.1) is 0 Å². The van der Waals surface area contributed by atoms with Crippen molar-refractivity contribution in [1.29, 1.82) is 0 Å². The molecular formula is C21H19Cl2F3N4O2S2. The lowest BCUT2D eigenvalue weighted by molar-refractivity contribution is -0.185. The second-order valence-corrected chi connectivity index (χ2v) is 9.51. The first kappa shape index (κ1) is 26.4. The summed E-state index contributed by atoms with van der Waals surface area (Å²) in [6.45, 7) is 0.219. The summed E-state index contributed by atoms with van der Waals surface area (Å²) in [4.78, 5) is 27.2. The van der Waals surface area contributed by atoms with Crippen LogP contribution in [-0.4, -0.2) is 59.9 Å². The van der Waals surface area contributed by atoms with Crippen LogP contribution in [-0.2, 0) is 9.59 Å². The van der Waals surface area contributed by atoms with Crippen molar-refractivity contribution in [3.05, 3.63) is 52.5 Å². The maximum Gasteiger partial charge on any atom is 0.471 e. The van der Waals surface area contributed by atoms with Crippen LogP contribution in [0.25, 0.3) is 0 Å². The highest BCUT2D eigenvalue weighted by molar-refractivity contribution is 8.00. The number of nitrogens with one attached hydrogen (secondary N) is 2. The lowest BCUT2D eigenvalue weighted by Crippen LogP contribution is -2.52. The van der Waals surface area contributed by atoms with Gasteiger partial charge in [0, 0.05) is 41.1 Å². The molecule has 2 amide bonds. The Morgan fingerprint density at radius 3 is 2.24 bits per heavy atom. The SMILES string of the molecule is O=C(CSc1ccc(Cl)cc1)NC(=S)Nc1cc(Cl)ccc1N1CCN(C(=O)C(F)(F)F)CC1. The molecular weight excluding hydrogens is 532 g/mol. The summed E-state index contributed by atoms with van der Waals surface area (Å²) >= 11 is 18.5. The number of thioether (sulfide) groups is 1. The summed E-state index contributed by atoms with van der Waals surface area (Å²) in [6, 6.07) is 12.0. The molecule has 0 unspecified atom stereocenters. The van der Waals surface area contributed by atoms with Gasteiger partial charge in [-0.2, -0.15) is 13.2 Å². The Morgan fingerprint density at radius 1 is 1.00 bits per heavy atom. The van der Waals surface area contributed by atoms with Gasteiger partial charge in [0.2, 0.25) is 5.91 Å². The molecule has 2 aromatic rings. The zero-order valence-corrected chi connectivity index (χ0v) is 20.6. The molecule has 0 atom stereocenters. The van der Waals surface area contributed by atoms with Gasteiger partial charge in [-0.15, -0.1) is 11.8 Å². The van der Waals surface area contributed by atoms with Crippen molar-refractivity contribution in [3.63, 3.8) is 0 Å². The van der Waals surface area contributed by atoms with Crippen LogP contribution in [0.2, 0.25) is 10.0 Å². The summed E-state index contributed by atoms with van der Waals surface area (Å²) in [5, 5.41) is 6.58. The first-order valence-electron chi connectivity index (χ1n) is 9.93. The third-order valence-electron chi connectivity index (χ3n) is 4.79. The van der Waals surface area contributed by atoms with Crippen LogP contribution < -0.4 is 15.5 Å². The first-order valence-corrected chi connectivity index (χ1v) is 12.1. The van der Waals surface area contributed by atoms with E-state index < -0.39 is 12.1 Å². The molecule has 0 spiro atoms. The third-order valence-corrected chi connectivity index (χ3v) is 6.50. The molecule has 0 bridgehead atoms. The minimum atomic E-state index is -4.90. The van der Waals surface area contributed by atoms with Gasteiger partial charge in [0.15, 0.2) is 5.11 Å². The summed E-state index contributed by atoms with van der Waals surface area (Å²) in [5.74, 6) is -2.04. The summed E-state index contributed by atoms with van der Waals surface area (Å²) in [6.07, 6.45) is -4.90. The van der Waals surface area contributed by atoms with E-state index in [0.717, 1.165) is 9.80 Å². The first-order chi connectivity index (χ1) is 16.0. The molecule has 0 saturated carbocycles. The van der Waals surface area contributed by atoms with E-state index in [1.54, 1.807) is 42.5 Å². The van der Waals surface area contributed by atoms with Crippen molar-refractivity contribution in [1.82, 2.24) is 10.2 Å². The van der Waals surface area contributed by atoms with E-state index in [2.05, 4.69) is 10.6 Å². The number of hydrogen-bond donors (Lipinski definition) is 2. The zero-order chi connectivity index (χ0) is 24.9. The van der Waals surface area contributed by atoms with E-state index in [-0.39, 0.29) is 43.0 Å². The number of carbonyl (C=O) groups is 2. The number of thiocarbonyl (C=S) groups is 1. The Hall–Kier alpha value is -2.21. The lowest BCUT2D eigenvalue weighted by Gasteiger charge is -2.37. The molecule has 3 rings (SSSR count).